The summed E-state index contributed by atoms with van der Waals surface area (Å²) >= 11 is 0. The normalized spacial score (nSPS) is 20.0. The minimum atomic E-state index is -3.63. The molecule has 0 bridgehead atoms. The Morgan fingerprint density at radius 3 is 2.66 bits per heavy atom. The summed E-state index contributed by atoms with van der Waals surface area (Å²) < 4.78 is 85.4. The van der Waals surface area contributed by atoms with Gasteiger partial charge in [-0.05, 0) is 43.5 Å². The average Bonchev–Trinajstić information content (AvgIpc) is 3.18. The summed E-state index contributed by atoms with van der Waals surface area (Å²) in [7, 11) is -3.63. The molecule has 2 N–H and O–H groups in total. The molecule has 1 aliphatic rings. The van der Waals surface area contributed by atoms with E-state index in [0.717, 1.165) is 24.5 Å². The van der Waals surface area contributed by atoms with Crippen molar-refractivity contribution in [1.82, 2.24) is 9.97 Å². The van der Waals surface area contributed by atoms with Crippen molar-refractivity contribution in [3.05, 3.63) is 53.2 Å². The number of nitrogens with two attached hydrogens (primary N) is 1. The number of nitrogens with zero attached hydrogens (tertiary/aromatic N) is 3. The molecule has 0 radical (unpaired) electrons. The maximum Gasteiger partial charge on any atom is 0.232 e. The lowest BCUT2D eigenvalue weighted by Gasteiger charge is -2.32. The predicted molar refractivity (Wildman–Crippen MR) is 125 cm³/mol. The molecule has 1 saturated heterocycles. The summed E-state index contributed by atoms with van der Waals surface area (Å²) in [5.74, 6) is -1.75. The molecule has 2 aromatic rings. The molecule has 1 aromatic carbocycles. The van der Waals surface area contributed by atoms with E-state index in [2.05, 4.69) is 15.0 Å². The van der Waals surface area contributed by atoms with E-state index in [1.54, 1.807) is 0 Å². The lowest BCUT2D eigenvalue weighted by Crippen LogP contribution is -2.41. The minimum Gasteiger partial charge on any atom is -0.474 e. The second-order valence-electron chi connectivity index (χ2n) is 8.20. The van der Waals surface area contributed by atoms with Crippen LogP contribution in [-0.2, 0) is 15.4 Å². The fraction of sp³-hybridized carbons (Fsp3) is 0.435. The summed E-state index contributed by atoms with van der Waals surface area (Å²) in [4.78, 5) is 12.0. The SMILES string of the molecule is CC(N=C(N)CCF)(c1cc(/C=C(\F)c2cnc(OCCF)cn2)ccc1F)[C@@H]1CCCS1(=O)=O. The quantitative estimate of drug-likeness (QED) is 0.292. The molecule has 7 nitrogen and oxygen atoms in total. The van der Waals surface area contributed by atoms with Crippen LogP contribution < -0.4 is 10.5 Å². The molecule has 1 aromatic heterocycles. The van der Waals surface area contributed by atoms with Gasteiger partial charge in [-0.2, -0.15) is 0 Å². The van der Waals surface area contributed by atoms with E-state index in [1.807, 2.05) is 0 Å². The standard InChI is InChI=1S/C23H26F4N4O3S/c1-23(31-21(28)6-7-24,20-3-2-10-35(20,32)33)16-11-15(4-5-17(16)26)12-18(27)19-13-30-22(14-29-19)34-9-8-25/h4-5,11-14,20H,2-3,6-10H2,1H3,(H2,28,31)/b18-12-/t20-,23?/m0/s1. The van der Waals surface area contributed by atoms with Gasteiger partial charge < -0.3 is 10.5 Å². The van der Waals surface area contributed by atoms with E-state index in [9.17, 15) is 21.6 Å². The van der Waals surface area contributed by atoms with Crippen LogP contribution >= 0.6 is 0 Å². The molecule has 0 amide bonds. The number of aliphatic imine (C=N–C) groups is 1. The molecular formula is C23H26F4N4O3S. The Labute approximate surface area is 201 Å². The summed E-state index contributed by atoms with van der Waals surface area (Å²) in [6.07, 6.45) is 3.68. The Morgan fingerprint density at radius 2 is 2.06 bits per heavy atom. The topological polar surface area (TPSA) is 108 Å². The Balaban J connectivity index is 2.02. The molecule has 2 heterocycles. The number of ether oxygens (including phenoxy) is 1. The number of halogens is 4. The first-order valence-corrected chi connectivity index (χ1v) is 12.6. The smallest absolute Gasteiger partial charge is 0.232 e. The van der Waals surface area contributed by atoms with Gasteiger partial charge in [-0.3, -0.25) is 9.38 Å². The van der Waals surface area contributed by atoms with Gasteiger partial charge in [-0.25, -0.2) is 31.6 Å². The van der Waals surface area contributed by atoms with Crippen LogP contribution in [0.15, 0.2) is 35.6 Å². The van der Waals surface area contributed by atoms with E-state index in [0.29, 0.717) is 6.42 Å². The molecule has 35 heavy (non-hydrogen) atoms. The predicted octanol–water partition coefficient (Wildman–Crippen LogP) is 3.94. The lowest BCUT2D eigenvalue weighted by atomic mass is 9.85. The van der Waals surface area contributed by atoms with Crippen molar-refractivity contribution in [2.45, 2.75) is 37.0 Å². The summed E-state index contributed by atoms with van der Waals surface area (Å²) in [6, 6.07) is 3.68. The molecule has 0 saturated carbocycles. The highest BCUT2D eigenvalue weighted by atomic mass is 32.2. The van der Waals surface area contributed by atoms with E-state index >= 15 is 4.39 Å². The third-order valence-corrected chi connectivity index (χ3v) is 8.13. The van der Waals surface area contributed by atoms with Crippen LogP contribution in [0, 0.1) is 5.82 Å². The summed E-state index contributed by atoms with van der Waals surface area (Å²) in [6.45, 7) is -0.291. The van der Waals surface area contributed by atoms with E-state index < -0.39 is 45.6 Å². The van der Waals surface area contributed by atoms with Crippen molar-refractivity contribution in [2.24, 2.45) is 10.7 Å². The molecule has 190 valence electrons. The van der Waals surface area contributed by atoms with Crippen LogP contribution in [0.25, 0.3) is 11.9 Å². The monoisotopic (exact) mass is 514 g/mol. The zero-order valence-corrected chi connectivity index (χ0v) is 19.9. The molecule has 1 fully saturated rings. The third kappa shape index (κ3) is 6.16. The molecule has 2 atom stereocenters. The van der Waals surface area contributed by atoms with Crippen LogP contribution in [0.3, 0.4) is 0 Å². The van der Waals surface area contributed by atoms with E-state index in [-0.39, 0.29) is 53.7 Å². The maximum atomic E-state index is 15.1. The molecule has 0 aliphatic carbocycles. The van der Waals surface area contributed by atoms with Gasteiger partial charge in [0, 0.05) is 12.0 Å². The van der Waals surface area contributed by atoms with Gasteiger partial charge in [-0.1, -0.05) is 6.07 Å². The number of sulfone groups is 1. The van der Waals surface area contributed by atoms with Crippen molar-refractivity contribution in [2.75, 3.05) is 25.7 Å². The van der Waals surface area contributed by atoms with Gasteiger partial charge in [0.1, 0.15) is 30.3 Å². The van der Waals surface area contributed by atoms with Gasteiger partial charge in [0.2, 0.25) is 5.88 Å². The first-order chi connectivity index (χ1) is 16.6. The Bertz CT molecular complexity index is 1210. The van der Waals surface area contributed by atoms with E-state index in [4.69, 9.17) is 10.5 Å². The van der Waals surface area contributed by atoms with E-state index in [1.165, 1.54) is 19.1 Å². The lowest BCUT2D eigenvalue weighted by molar-refractivity contribution is 0.263. The van der Waals surface area contributed by atoms with Crippen LogP contribution in [0.4, 0.5) is 17.6 Å². The minimum absolute atomic E-state index is 0.0283. The Kier molecular flexibility index (Phi) is 8.47. The second-order valence-corrected chi connectivity index (χ2v) is 10.5. The first-order valence-electron chi connectivity index (χ1n) is 10.9. The highest BCUT2D eigenvalue weighted by molar-refractivity contribution is 7.92. The Hall–Kier alpha value is -3.02. The van der Waals surface area contributed by atoms with Crippen molar-refractivity contribution in [3.63, 3.8) is 0 Å². The molecule has 3 rings (SSSR count). The summed E-state index contributed by atoms with van der Waals surface area (Å²) in [5, 5.41) is -1.07. The third-order valence-electron chi connectivity index (χ3n) is 5.71. The number of alkyl halides is 2. The maximum absolute atomic E-state index is 15.1. The van der Waals surface area contributed by atoms with Crippen LogP contribution in [-0.4, -0.2) is 55.2 Å². The number of hydrogen-bond donors (Lipinski definition) is 1. The highest BCUT2D eigenvalue weighted by Crippen LogP contribution is 2.41. The molecule has 1 aliphatic heterocycles. The van der Waals surface area contributed by atoms with Crippen molar-refractivity contribution < 1.29 is 30.7 Å². The first kappa shape index (κ1) is 26.6. The number of amidine groups is 1. The van der Waals surface area contributed by atoms with Crippen LogP contribution in [0.2, 0.25) is 0 Å². The number of rotatable bonds is 10. The molecule has 0 spiro atoms. The van der Waals surface area contributed by atoms with Crippen LogP contribution in [0.1, 0.15) is 43.0 Å². The van der Waals surface area contributed by atoms with Crippen LogP contribution in [0.5, 0.6) is 5.88 Å². The summed E-state index contributed by atoms with van der Waals surface area (Å²) in [5.41, 5.74) is 4.15. The van der Waals surface area contributed by atoms with Crippen molar-refractivity contribution in [1.29, 1.82) is 0 Å². The van der Waals surface area contributed by atoms with Gasteiger partial charge in [-0.15, -0.1) is 0 Å². The second kappa shape index (κ2) is 11.1. The molecular weight excluding hydrogens is 488 g/mol. The number of aromatic nitrogens is 2. The van der Waals surface area contributed by atoms with Crippen molar-refractivity contribution in [3.8, 4) is 5.88 Å². The number of hydrogen-bond acceptors (Lipinski definition) is 6. The van der Waals surface area contributed by atoms with Crippen molar-refractivity contribution >= 4 is 27.6 Å². The van der Waals surface area contributed by atoms with Gasteiger partial charge >= 0.3 is 0 Å². The van der Waals surface area contributed by atoms with Gasteiger partial charge in [0.25, 0.3) is 0 Å². The largest absolute Gasteiger partial charge is 0.474 e. The number of benzene rings is 1. The van der Waals surface area contributed by atoms with Gasteiger partial charge in [0.15, 0.2) is 15.7 Å². The average molecular weight is 515 g/mol. The fourth-order valence-corrected chi connectivity index (χ4v) is 6.34. The zero-order valence-electron chi connectivity index (χ0n) is 19.1. The molecule has 12 heteroatoms. The Morgan fingerprint density at radius 1 is 1.29 bits per heavy atom. The van der Waals surface area contributed by atoms with Gasteiger partial charge in [0.05, 0.1) is 35.9 Å². The zero-order chi connectivity index (χ0) is 25.6. The fourth-order valence-electron chi connectivity index (χ4n) is 4.08. The molecule has 1 unspecified atom stereocenters. The highest BCUT2D eigenvalue weighted by Gasteiger charge is 2.48.